The second-order valence-corrected chi connectivity index (χ2v) is 4.61. The molecule has 0 amide bonds. The van der Waals surface area contributed by atoms with E-state index in [1.54, 1.807) is 0 Å². The molecule has 2 atom stereocenters. The molecule has 1 nitrogen and oxygen atoms in total. The molecule has 0 aromatic carbocycles. The molecule has 1 heterocycles. The SMILES string of the molecule is CBC1CC(C)(C)NCC1C. The summed E-state index contributed by atoms with van der Waals surface area (Å²) in [5.41, 5.74) is 0.382. The lowest BCUT2D eigenvalue weighted by atomic mass is 9.56. The molecular weight excluding hydrogens is 133 g/mol. The van der Waals surface area contributed by atoms with Crippen LogP contribution in [0.2, 0.25) is 12.6 Å². The summed E-state index contributed by atoms with van der Waals surface area (Å²) in [7, 11) is 1.34. The van der Waals surface area contributed by atoms with Gasteiger partial charge in [0.1, 0.15) is 7.28 Å². The van der Waals surface area contributed by atoms with E-state index < -0.39 is 0 Å². The molecule has 1 aliphatic heterocycles. The topological polar surface area (TPSA) is 12.0 Å². The van der Waals surface area contributed by atoms with Crippen molar-refractivity contribution in [2.45, 2.75) is 45.4 Å². The predicted octanol–water partition coefficient (Wildman–Crippen LogP) is 1.67. The van der Waals surface area contributed by atoms with Gasteiger partial charge in [-0.15, -0.1) is 0 Å². The molecule has 1 saturated heterocycles. The lowest BCUT2D eigenvalue weighted by molar-refractivity contribution is 0.252. The Bertz CT molecular complexity index is 134. The van der Waals surface area contributed by atoms with Crippen LogP contribution in [0.4, 0.5) is 0 Å². The van der Waals surface area contributed by atoms with E-state index in [4.69, 9.17) is 0 Å². The minimum atomic E-state index is 0.382. The maximum absolute atomic E-state index is 3.57. The van der Waals surface area contributed by atoms with Crippen LogP contribution in [0.15, 0.2) is 0 Å². The van der Waals surface area contributed by atoms with Crippen LogP contribution in [-0.4, -0.2) is 19.4 Å². The minimum absolute atomic E-state index is 0.382. The van der Waals surface area contributed by atoms with Gasteiger partial charge in [-0.2, -0.15) is 0 Å². The summed E-state index contributed by atoms with van der Waals surface area (Å²) >= 11 is 0. The van der Waals surface area contributed by atoms with Crippen LogP contribution in [0.25, 0.3) is 0 Å². The molecule has 1 N–H and O–H groups in total. The summed E-state index contributed by atoms with van der Waals surface area (Å²) in [5.74, 6) is 1.80. The van der Waals surface area contributed by atoms with Crippen LogP contribution in [0, 0.1) is 5.92 Å². The predicted molar refractivity (Wildman–Crippen MR) is 52.6 cm³/mol. The Morgan fingerprint density at radius 2 is 2.09 bits per heavy atom. The Morgan fingerprint density at radius 3 is 2.55 bits per heavy atom. The highest BCUT2D eigenvalue weighted by Crippen LogP contribution is 2.31. The molecule has 1 fully saturated rings. The second kappa shape index (κ2) is 3.18. The molecule has 0 aliphatic carbocycles. The van der Waals surface area contributed by atoms with Crippen LogP contribution < -0.4 is 5.32 Å². The first kappa shape index (κ1) is 9.12. The van der Waals surface area contributed by atoms with Gasteiger partial charge in [0.15, 0.2) is 0 Å². The first-order valence-corrected chi connectivity index (χ1v) is 4.80. The van der Waals surface area contributed by atoms with Gasteiger partial charge >= 0.3 is 0 Å². The van der Waals surface area contributed by atoms with E-state index in [1.165, 1.54) is 20.2 Å². The number of piperidine rings is 1. The molecule has 1 aliphatic rings. The van der Waals surface area contributed by atoms with Crippen molar-refractivity contribution in [3.63, 3.8) is 0 Å². The van der Waals surface area contributed by atoms with Crippen molar-refractivity contribution in [1.82, 2.24) is 5.32 Å². The molecule has 0 spiro atoms. The van der Waals surface area contributed by atoms with Gasteiger partial charge in [0.05, 0.1) is 0 Å². The lowest BCUT2D eigenvalue weighted by Crippen LogP contribution is -2.49. The van der Waals surface area contributed by atoms with Gasteiger partial charge < -0.3 is 5.32 Å². The van der Waals surface area contributed by atoms with Gasteiger partial charge in [-0.25, -0.2) is 0 Å². The van der Waals surface area contributed by atoms with Crippen molar-refractivity contribution in [3.05, 3.63) is 0 Å². The molecule has 0 bridgehead atoms. The highest BCUT2D eigenvalue weighted by atomic mass is 15.0. The zero-order chi connectivity index (χ0) is 8.48. The molecule has 0 aromatic heterocycles. The molecule has 1 rings (SSSR count). The Morgan fingerprint density at radius 1 is 1.45 bits per heavy atom. The quantitative estimate of drug-likeness (QED) is 0.565. The van der Waals surface area contributed by atoms with E-state index in [1.807, 2.05) is 0 Å². The highest BCUT2D eigenvalue weighted by molar-refractivity contribution is 6.35. The van der Waals surface area contributed by atoms with Crippen LogP contribution >= 0.6 is 0 Å². The van der Waals surface area contributed by atoms with Gasteiger partial charge in [-0.05, 0) is 32.7 Å². The number of rotatable bonds is 1. The first-order chi connectivity index (χ1) is 5.05. The average molecular weight is 153 g/mol. The van der Waals surface area contributed by atoms with Crippen molar-refractivity contribution in [2.24, 2.45) is 5.92 Å². The Balaban J connectivity index is 2.51. The number of nitrogens with one attached hydrogen (secondary N) is 1. The Labute approximate surface area is 71.2 Å². The van der Waals surface area contributed by atoms with E-state index in [2.05, 4.69) is 32.9 Å². The third kappa shape index (κ3) is 2.23. The van der Waals surface area contributed by atoms with E-state index in [9.17, 15) is 0 Å². The monoisotopic (exact) mass is 153 g/mol. The first-order valence-electron chi connectivity index (χ1n) is 4.80. The average Bonchev–Trinajstić information content (AvgIpc) is 1.94. The molecule has 64 valence electrons. The maximum Gasteiger partial charge on any atom is 0.121 e. The zero-order valence-corrected chi connectivity index (χ0v) is 8.28. The van der Waals surface area contributed by atoms with Gasteiger partial charge in [-0.3, -0.25) is 0 Å². The fourth-order valence-electron chi connectivity index (χ4n) is 2.08. The van der Waals surface area contributed by atoms with Crippen LogP contribution in [0.5, 0.6) is 0 Å². The van der Waals surface area contributed by atoms with Gasteiger partial charge in [0, 0.05) is 5.54 Å². The molecule has 0 radical (unpaired) electrons. The van der Waals surface area contributed by atoms with Gasteiger partial charge in [-0.1, -0.05) is 19.6 Å². The Hall–Kier alpha value is 0.0249. The molecule has 2 heteroatoms. The van der Waals surface area contributed by atoms with Crippen molar-refractivity contribution in [2.75, 3.05) is 6.54 Å². The van der Waals surface area contributed by atoms with Crippen molar-refractivity contribution in [3.8, 4) is 0 Å². The molecule has 11 heavy (non-hydrogen) atoms. The summed E-state index contributed by atoms with van der Waals surface area (Å²) in [6, 6.07) is 0. The lowest BCUT2D eigenvalue weighted by Gasteiger charge is -2.40. The normalized spacial score (nSPS) is 36.7. The van der Waals surface area contributed by atoms with E-state index in [0.29, 0.717) is 5.54 Å². The zero-order valence-electron chi connectivity index (χ0n) is 8.28. The van der Waals surface area contributed by atoms with E-state index in [0.717, 1.165) is 11.7 Å². The minimum Gasteiger partial charge on any atom is -0.312 e. The van der Waals surface area contributed by atoms with Crippen LogP contribution in [0.3, 0.4) is 0 Å². The van der Waals surface area contributed by atoms with Crippen LogP contribution in [-0.2, 0) is 0 Å². The summed E-state index contributed by atoms with van der Waals surface area (Å²) in [4.78, 5) is 0. The maximum atomic E-state index is 3.57. The summed E-state index contributed by atoms with van der Waals surface area (Å²) < 4.78 is 0. The Kier molecular flexibility index (Phi) is 2.63. The van der Waals surface area contributed by atoms with Gasteiger partial charge in [0.25, 0.3) is 0 Å². The fourth-order valence-corrected chi connectivity index (χ4v) is 2.08. The molecule has 0 saturated carbocycles. The number of hydrogen-bond donors (Lipinski definition) is 1. The fraction of sp³-hybridized carbons (Fsp3) is 1.00. The van der Waals surface area contributed by atoms with Crippen molar-refractivity contribution < 1.29 is 0 Å². The second-order valence-electron chi connectivity index (χ2n) is 4.61. The van der Waals surface area contributed by atoms with Crippen molar-refractivity contribution >= 4 is 7.28 Å². The number of hydrogen-bond acceptors (Lipinski definition) is 1. The largest absolute Gasteiger partial charge is 0.312 e. The molecular formula is C9H20BN. The summed E-state index contributed by atoms with van der Waals surface area (Å²) in [6.07, 6.45) is 1.34. The van der Waals surface area contributed by atoms with E-state index in [-0.39, 0.29) is 0 Å². The van der Waals surface area contributed by atoms with Crippen molar-refractivity contribution in [1.29, 1.82) is 0 Å². The summed E-state index contributed by atoms with van der Waals surface area (Å²) in [5, 5.41) is 3.57. The molecule has 2 unspecified atom stereocenters. The molecule has 0 aromatic rings. The smallest absolute Gasteiger partial charge is 0.121 e. The third-order valence-corrected chi connectivity index (χ3v) is 3.00. The van der Waals surface area contributed by atoms with Crippen LogP contribution in [0.1, 0.15) is 27.2 Å². The van der Waals surface area contributed by atoms with E-state index >= 15 is 0 Å². The standard InChI is InChI=1S/C9H20BN/c1-7-6-11-9(2,3)5-8(7)10-4/h7-8,10-11H,5-6H2,1-4H3. The highest BCUT2D eigenvalue weighted by Gasteiger charge is 2.30. The third-order valence-electron chi connectivity index (χ3n) is 3.00. The van der Waals surface area contributed by atoms with Gasteiger partial charge in [0.2, 0.25) is 0 Å². The summed E-state index contributed by atoms with van der Waals surface area (Å²) in [6.45, 7) is 10.5.